The van der Waals surface area contributed by atoms with Gasteiger partial charge in [0.25, 0.3) is 0 Å². The van der Waals surface area contributed by atoms with Gasteiger partial charge in [0.2, 0.25) is 0 Å². The van der Waals surface area contributed by atoms with Crippen molar-refractivity contribution in [2.24, 2.45) is 0 Å². The van der Waals surface area contributed by atoms with Crippen LogP contribution in [0.5, 0.6) is 5.75 Å². The molecule has 0 bridgehead atoms. The van der Waals surface area contributed by atoms with Crippen molar-refractivity contribution in [3.8, 4) is 5.75 Å². The molecule has 0 spiro atoms. The molecule has 0 aliphatic carbocycles. The molecule has 16 heavy (non-hydrogen) atoms. The Morgan fingerprint density at radius 1 is 1.38 bits per heavy atom. The van der Waals surface area contributed by atoms with E-state index in [0.29, 0.717) is 15.8 Å². The highest BCUT2D eigenvalue weighted by molar-refractivity contribution is 6.42. The molecule has 1 heterocycles. The van der Waals surface area contributed by atoms with Crippen molar-refractivity contribution in [1.82, 2.24) is 5.32 Å². The Balaban J connectivity index is 2.02. The summed E-state index contributed by atoms with van der Waals surface area (Å²) in [5, 5.41) is 3.89. The quantitative estimate of drug-likeness (QED) is 0.656. The molecule has 0 radical (unpaired) electrons. The Bertz CT molecular complexity index is 403. The highest BCUT2D eigenvalue weighted by atomic mass is 35.5. The van der Waals surface area contributed by atoms with Crippen molar-refractivity contribution >= 4 is 29.2 Å². The second kappa shape index (κ2) is 5.04. The number of halogens is 2. The average Bonchev–Trinajstić information content (AvgIpc) is 2.77. The molecule has 86 valence electrons. The third-order valence-electron chi connectivity index (χ3n) is 2.45. The van der Waals surface area contributed by atoms with Crippen LogP contribution in [0, 0.1) is 0 Å². The molecule has 0 amide bonds. The third-order valence-corrected chi connectivity index (χ3v) is 3.19. The molecule has 1 N–H and O–H groups in total. The number of carbonyl (C=O) groups is 1. The average molecular weight is 260 g/mol. The molecule has 5 heteroatoms. The van der Waals surface area contributed by atoms with Gasteiger partial charge in [-0.05, 0) is 31.5 Å². The molecule has 1 aliphatic heterocycles. The van der Waals surface area contributed by atoms with Gasteiger partial charge in [0.1, 0.15) is 11.8 Å². The van der Waals surface area contributed by atoms with Gasteiger partial charge in [-0.2, -0.15) is 0 Å². The van der Waals surface area contributed by atoms with Crippen LogP contribution in [0.25, 0.3) is 0 Å². The zero-order valence-electron chi connectivity index (χ0n) is 8.50. The maximum atomic E-state index is 11.7. The predicted molar refractivity (Wildman–Crippen MR) is 63.1 cm³/mol. The number of benzene rings is 1. The van der Waals surface area contributed by atoms with Gasteiger partial charge in [-0.1, -0.05) is 23.2 Å². The smallest absolute Gasteiger partial charge is 0.328 e. The number of carbonyl (C=O) groups excluding carboxylic acids is 1. The fourth-order valence-corrected chi connectivity index (χ4v) is 1.90. The fraction of sp³-hybridized carbons (Fsp3) is 0.364. The molecule has 1 atom stereocenters. The largest absolute Gasteiger partial charge is 0.425 e. The lowest BCUT2D eigenvalue weighted by atomic mass is 10.2. The van der Waals surface area contributed by atoms with E-state index >= 15 is 0 Å². The number of ether oxygens (including phenoxy) is 1. The predicted octanol–water partition coefficient (Wildman–Crippen LogP) is 2.65. The first kappa shape index (κ1) is 11.7. The Morgan fingerprint density at radius 2 is 2.19 bits per heavy atom. The van der Waals surface area contributed by atoms with Gasteiger partial charge >= 0.3 is 5.97 Å². The minimum Gasteiger partial charge on any atom is -0.425 e. The van der Waals surface area contributed by atoms with Gasteiger partial charge in [-0.3, -0.25) is 0 Å². The molecule has 0 saturated carbocycles. The van der Waals surface area contributed by atoms with Crippen LogP contribution in [0.15, 0.2) is 18.2 Å². The molecule has 1 aromatic carbocycles. The third kappa shape index (κ3) is 2.67. The topological polar surface area (TPSA) is 38.3 Å². The van der Waals surface area contributed by atoms with Crippen molar-refractivity contribution in [2.75, 3.05) is 6.54 Å². The summed E-state index contributed by atoms with van der Waals surface area (Å²) in [5.41, 5.74) is 0. The lowest BCUT2D eigenvalue weighted by Crippen LogP contribution is -2.34. The minimum absolute atomic E-state index is 0.200. The van der Waals surface area contributed by atoms with E-state index in [2.05, 4.69) is 5.32 Å². The Hall–Kier alpha value is -0.770. The van der Waals surface area contributed by atoms with Gasteiger partial charge in [0.05, 0.1) is 10.0 Å². The molecule has 2 rings (SSSR count). The van der Waals surface area contributed by atoms with E-state index in [4.69, 9.17) is 27.9 Å². The van der Waals surface area contributed by atoms with Crippen molar-refractivity contribution in [3.05, 3.63) is 28.2 Å². The molecule has 1 unspecified atom stereocenters. The van der Waals surface area contributed by atoms with Crippen LogP contribution in [-0.4, -0.2) is 18.6 Å². The molecule has 1 saturated heterocycles. The minimum atomic E-state index is -0.268. The number of hydrogen-bond donors (Lipinski definition) is 1. The standard InChI is InChI=1S/C11H11Cl2NO2/c12-8-4-3-7(6-9(8)13)16-11(15)10-2-1-5-14-10/h3-4,6,10,14H,1-2,5H2. The maximum absolute atomic E-state index is 11.7. The van der Waals surface area contributed by atoms with E-state index in [0.717, 1.165) is 19.4 Å². The second-order valence-electron chi connectivity index (χ2n) is 3.65. The number of hydrogen-bond acceptors (Lipinski definition) is 3. The number of esters is 1. The van der Waals surface area contributed by atoms with Gasteiger partial charge < -0.3 is 10.1 Å². The first-order valence-corrected chi connectivity index (χ1v) is 5.82. The van der Waals surface area contributed by atoms with Crippen LogP contribution >= 0.6 is 23.2 Å². The van der Waals surface area contributed by atoms with E-state index < -0.39 is 0 Å². The highest BCUT2D eigenvalue weighted by Gasteiger charge is 2.23. The molecule has 3 nitrogen and oxygen atoms in total. The van der Waals surface area contributed by atoms with Gasteiger partial charge in [0.15, 0.2) is 0 Å². The van der Waals surface area contributed by atoms with Gasteiger partial charge in [-0.15, -0.1) is 0 Å². The second-order valence-corrected chi connectivity index (χ2v) is 4.46. The highest BCUT2D eigenvalue weighted by Crippen LogP contribution is 2.26. The van der Waals surface area contributed by atoms with Crippen LogP contribution in [0.2, 0.25) is 10.0 Å². The monoisotopic (exact) mass is 259 g/mol. The summed E-state index contributed by atoms with van der Waals surface area (Å²) in [6, 6.07) is 4.57. The maximum Gasteiger partial charge on any atom is 0.328 e. The summed E-state index contributed by atoms with van der Waals surface area (Å²) in [6.45, 7) is 0.862. The molecule has 1 fully saturated rings. The van der Waals surface area contributed by atoms with Crippen LogP contribution in [0.3, 0.4) is 0 Å². The Morgan fingerprint density at radius 3 is 2.81 bits per heavy atom. The molecular formula is C11H11Cl2NO2. The first-order valence-electron chi connectivity index (χ1n) is 5.07. The molecular weight excluding hydrogens is 249 g/mol. The summed E-state index contributed by atoms with van der Waals surface area (Å²) in [5.74, 6) is 0.156. The van der Waals surface area contributed by atoms with Crippen LogP contribution < -0.4 is 10.1 Å². The van der Waals surface area contributed by atoms with Gasteiger partial charge in [-0.25, -0.2) is 4.79 Å². The van der Waals surface area contributed by atoms with Crippen LogP contribution in [0.1, 0.15) is 12.8 Å². The number of nitrogens with one attached hydrogen (secondary N) is 1. The van der Waals surface area contributed by atoms with Crippen molar-refractivity contribution < 1.29 is 9.53 Å². The zero-order chi connectivity index (χ0) is 11.5. The van der Waals surface area contributed by atoms with E-state index in [-0.39, 0.29) is 12.0 Å². The van der Waals surface area contributed by atoms with Crippen LogP contribution in [-0.2, 0) is 4.79 Å². The zero-order valence-corrected chi connectivity index (χ0v) is 10.0. The van der Waals surface area contributed by atoms with Gasteiger partial charge in [0, 0.05) is 6.07 Å². The summed E-state index contributed by atoms with van der Waals surface area (Å²) in [4.78, 5) is 11.7. The first-order chi connectivity index (χ1) is 7.66. The Kier molecular flexibility index (Phi) is 3.69. The van der Waals surface area contributed by atoms with E-state index in [1.807, 2.05) is 0 Å². The normalized spacial score (nSPS) is 19.8. The lowest BCUT2D eigenvalue weighted by molar-refractivity contribution is -0.136. The van der Waals surface area contributed by atoms with E-state index in [9.17, 15) is 4.79 Å². The number of rotatable bonds is 2. The summed E-state index contributed by atoms with van der Waals surface area (Å²) in [7, 11) is 0. The summed E-state index contributed by atoms with van der Waals surface area (Å²) >= 11 is 11.6. The van der Waals surface area contributed by atoms with Crippen molar-refractivity contribution in [1.29, 1.82) is 0 Å². The summed E-state index contributed by atoms with van der Waals surface area (Å²) < 4.78 is 5.19. The lowest BCUT2D eigenvalue weighted by Gasteiger charge is -2.10. The van der Waals surface area contributed by atoms with E-state index in [1.54, 1.807) is 12.1 Å². The summed E-state index contributed by atoms with van der Waals surface area (Å²) in [6.07, 6.45) is 1.82. The van der Waals surface area contributed by atoms with Crippen molar-refractivity contribution in [2.45, 2.75) is 18.9 Å². The fourth-order valence-electron chi connectivity index (χ4n) is 1.61. The molecule has 1 aromatic rings. The van der Waals surface area contributed by atoms with Crippen molar-refractivity contribution in [3.63, 3.8) is 0 Å². The molecule has 1 aliphatic rings. The van der Waals surface area contributed by atoms with Crippen LogP contribution in [0.4, 0.5) is 0 Å². The Labute approximate surface area is 104 Å². The molecule has 0 aromatic heterocycles. The SMILES string of the molecule is O=C(Oc1ccc(Cl)c(Cl)c1)C1CCCN1. The van der Waals surface area contributed by atoms with E-state index in [1.165, 1.54) is 6.07 Å².